The Kier molecular flexibility index (Phi) is 1.27. The highest BCUT2D eigenvalue weighted by Gasteiger charge is 2.80. The molecule has 3 nitrogen and oxygen atoms in total. The molecule has 2 aliphatic heterocycles. The number of ether oxygens (including phenoxy) is 2. The predicted octanol–water partition coefficient (Wildman–Crippen LogP) is 1.77. The van der Waals surface area contributed by atoms with E-state index in [0.29, 0.717) is 18.3 Å². The molecule has 0 amide bonds. The van der Waals surface area contributed by atoms with Gasteiger partial charge in [-0.2, -0.15) is 0 Å². The molecule has 4 atom stereocenters. The number of hydrogen-bond acceptors (Lipinski definition) is 3. The molecule has 0 unspecified atom stereocenters. The SMILES string of the molecule is O=C1C[C@]23C[C@@H]4CCC=C[C@@H]4C[C@@]2(O1)O3. The molecule has 1 saturated carbocycles. The molecule has 15 heavy (non-hydrogen) atoms. The van der Waals surface area contributed by atoms with Crippen molar-refractivity contribution >= 4 is 5.97 Å². The Hall–Kier alpha value is -0.830. The molecule has 2 aliphatic carbocycles. The van der Waals surface area contributed by atoms with Crippen molar-refractivity contribution in [1.29, 1.82) is 0 Å². The summed E-state index contributed by atoms with van der Waals surface area (Å²) < 4.78 is 11.1. The molecule has 2 heterocycles. The zero-order valence-corrected chi connectivity index (χ0v) is 8.57. The van der Waals surface area contributed by atoms with Gasteiger partial charge in [0.15, 0.2) is 0 Å². The van der Waals surface area contributed by atoms with Gasteiger partial charge in [0.25, 0.3) is 0 Å². The maximum Gasteiger partial charge on any atom is 0.311 e. The van der Waals surface area contributed by atoms with Crippen molar-refractivity contribution in [2.24, 2.45) is 11.8 Å². The minimum absolute atomic E-state index is 0.0659. The molecule has 0 aromatic carbocycles. The number of allylic oxidation sites excluding steroid dienone is 2. The Labute approximate surface area is 88.4 Å². The number of hydrogen-bond donors (Lipinski definition) is 0. The van der Waals surface area contributed by atoms with E-state index in [4.69, 9.17) is 9.47 Å². The summed E-state index contributed by atoms with van der Waals surface area (Å²) in [4.78, 5) is 11.3. The van der Waals surface area contributed by atoms with Crippen LogP contribution in [0.1, 0.15) is 32.1 Å². The first-order valence-corrected chi connectivity index (χ1v) is 5.82. The Morgan fingerprint density at radius 2 is 2.33 bits per heavy atom. The molecular weight excluding hydrogens is 192 g/mol. The van der Waals surface area contributed by atoms with Crippen molar-refractivity contribution in [2.75, 3.05) is 0 Å². The van der Waals surface area contributed by atoms with Gasteiger partial charge in [-0.15, -0.1) is 0 Å². The van der Waals surface area contributed by atoms with Crippen LogP contribution in [0.25, 0.3) is 0 Å². The number of carbonyl (C=O) groups is 1. The first kappa shape index (κ1) is 8.34. The van der Waals surface area contributed by atoms with Crippen LogP contribution in [0, 0.1) is 11.8 Å². The maximum absolute atomic E-state index is 11.3. The van der Waals surface area contributed by atoms with Gasteiger partial charge in [0.2, 0.25) is 5.79 Å². The van der Waals surface area contributed by atoms with E-state index in [1.165, 1.54) is 12.8 Å². The van der Waals surface area contributed by atoms with E-state index in [2.05, 4.69) is 12.2 Å². The number of esters is 1. The van der Waals surface area contributed by atoms with E-state index < -0.39 is 5.79 Å². The largest absolute Gasteiger partial charge is 0.430 e. The Morgan fingerprint density at radius 1 is 1.40 bits per heavy atom. The summed E-state index contributed by atoms with van der Waals surface area (Å²) in [5, 5.41) is 0. The summed E-state index contributed by atoms with van der Waals surface area (Å²) in [6.07, 6.45) is 9.37. The molecule has 4 aliphatic rings. The van der Waals surface area contributed by atoms with Crippen LogP contribution < -0.4 is 0 Å². The van der Waals surface area contributed by atoms with Gasteiger partial charge in [-0.1, -0.05) is 12.2 Å². The standard InChI is InChI=1S/C12H14O3/c13-10-7-11-5-8-3-1-2-4-9(8)6-12(11,14-10)15-11/h2,4,8-9H,1,3,5-7H2/t8-,9+,11+,12+/m0/s1. The van der Waals surface area contributed by atoms with Crippen molar-refractivity contribution in [3.8, 4) is 0 Å². The zero-order valence-electron chi connectivity index (χ0n) is 8.57. The van der Waals surface area contributed by atoms with Crippen molar-refractivity contribution in [3.63, 3.8) is 0 Å². The Morgan fingerprint density at radius 3 is 3.27 bits per heavy atom. The summed E-state index contributed by atoms with van der Waals surface area (Å²) >= 11 is 0. The van der Waals surface area contributed by atoms with Crippen LogP contribution >= 0.6 is 0 Å². The maximum atomic E-state index is 11.3. The van der Waals surface area contributed by atoms with Crippen molar-refractivity contribution in [1.82, 2.24) is 0 Å². The van der Waals surface area contributed by atoms with Crippen molar-refractivity contribution in [2.45, 2.75) is 43.5 Å². The van der Waals surface area contributed by atoms with Crippen LogP contribution in [0.3, 0.4) is 0 Å². The van der Waals surface area contributed by atoms with E-state index in [0.717, 1.165) is 12.8 Å². The molecule has 4 rings (SSSR count). The monoisotopic (exact) mass is 206 g/mol. The van der Waals surface area contributed by atoms with Crippen LogP contribution in [0.15, 0.2) is 12.2 Å². The lowest BCUT2D eigenvalue weighted by atomic mass is 9.69. The quantitative estimate of drug-likeness (QED) is 0.344. The van der Waals surface area contributed by atoms with E-state index in [-0.39, 0.29) is 11.6 Å². The van der Waals surface area contributed by atoms with Gasteiger partial charge in [-0.3, -0.25) is 4.79 Å². The Balaban J connectivity index is 1.69. The minimum atomic E-state index is -0.507. The highest BCUT2D eigenvalue weighted by atomic mass is 16.8. The summed E-state index contributed by atoms with van der Waals surface area (Å²) in [5.74, 6) is 0.705. The molecule has 0 spiro atoms. The fourth-order valence-corrected chi connectivity index (χ4v) is 3.74. The lowest BCUT2D eigenvalue weighted by Gasteiger charge is -2.33. The second kappa shape index (κ2) is 2.29. The van der Waals surface area contributed by atoms with E-state index in [9.17, 15) is 4.79 Å². The van der Waals surface area contributed by atoms with Crippen LogP contribution in [0.4, 0.5) is 0 Å². The number of fused-ring (bicyclic) bond motifs is 1. The fourth-order valence-electron chi connectivity index (χ4n) is 3.74. The number of rotatable bonds is 0. The zero-order chi connectivity index (χ0) is 10.1. The van der Waals surface area contributed by atoms with Crippen LogP contribution in [-0.4, -0.2) is 17.4 Å². The van der Waals surface area contributed by atoms with Crippen molar-refractivity contribution < 1.29 is 14.3 Å². The highest BCUT2D eigenvalue weighted by Crippen LogP contribution is 2.67. The molecule has 80 valence electrons. The van der Waals surface area contributed by atoms with Crippen LogP contribution in [0.5, 0.6) is 0 Å². The van der Waals surface area contributed by atoms with Gasteiger partial charge in [0, 0.05) is 6.42 Å². The van der Waals surface area contributed by atoms with Gasteiger partial charge in [0.05, 0.1) is 6.42 Å². The average molecular weight is 206 g/mol. The normalized spacial score (nSPS) is 55.3. The smallest absolute Gasteiger partial charge is 0.311 e. The fraction of sp³-hybridized carbons (Fsp3) is 0.750. The molecule has 3 fully saturated rings. The van der Waals surface area contributed by atoms with Crippen LogP contribution in [-0.2, 0) is 14.3 Å². The third-order valence-corrected chi connectivity index (χ3v) is 4.51. The van der Waals surface area contributed by atoms with E-state index in [1.54, 1.807) is 0 Å². The van der Waals surface area contributed by atoms with E-state index in [1.807, 2.05) is 0 Å². The molecular formula is C12H14O3. The molecule has 0 aromatic heterocycles. The van der Waals surface area contributed by atoms with Gasteiger partial charge < -0.3 is 9.47 Å². The predicted molar refractivity (Wildman–Crippen MR) is 51.8 cm³/mol. The second-order valence-electron chi connectivity index (χ2n) is 5.34. The molecule has 2 saturated heterocycles. The summed E-state index contributed by atoms with van der Waals surface area (Å²) in [7, 11) is 0. The van der Waals surface area contributed by atoms with Gasteiger partial charge in [0.1, 0.15) is 5.60 Å². The summed E-state index contributed by atoms with van der Waals surface area (Å²) in [6, 6.07) is 0. The summed E-state index contributed by atoms with van der Waals surface area (Å²) in [6.45, 7) is 0. The third-order valence-electron chi connectivity index (χ3n) is 4.51. The molecule has 0 radical (unpaired) electrons. The third kappa shape index (κ3) is 0.882. The summed E-state index contributed by atoms with van der Waals surface area (Å²) in [5.41, 5.74) is -0.212. The minimum Gasteiger partial charge on any atom is -0.430 e. The lowest BCUT2D eigenvalue weighted by molar-refractivity contribution is -0.157. The first-order chi connectivity index (χ1) is 7.23. The molecule has 3 heteroatoms. The topological polar surface area (TPSA) is 38.8 Å². The van der Waals surface area contributed by atoms with Gasteiger partial charge >= 0.3 is 5.97 Å². The highest BCUT2D eigenvalue weighted by molar-refractivity contribution is 5.76. The molecule has 0 aromatic rings. The van der Waals surface area contributed by atoms with Gasteiger partial charge in [-0.25, -0.2) is 0 Å². The van der Waals surface area contributed by atoms with E-state index >= 15 is 0 Å². The first-order valence-electron chi connectivity index (χ1n) is 5.82. The van der Waals surface area contributed by atoms with Gasteiger partial charge in [-0.05, 0) is 31.1 Å². The lowest BCUT2D eigenvalue weighted by Crippen LogP contribution is -2.36. The second-order valence-corrected chi connectivity index (χ2v) is 5.34. The molecule has 0 bridgehead atoms. The van der Waals surface area contributed by atoms with Crippen LogP contribution in [0.2, 0.25) is 0 Å². The average Bonchev–Trinajstić information content (AvgIpc) is 2.69. The molecule has 0 N–H and O–H groups in total. The van der Waals surface area contributed by atoms with Crippen molar-refractivity contribution in [3.05, 3.63) is 12.2 Å². The number of carbonyl (C=O) groups excluding carboxylic acids is 1. The number of epoxide rings is 1. The Bertz CT molecular complexity index is 375.